The Bertz CT molecular complexity index is 841. The minimum Gasteiger partial charge on any atom is -0.325 e. The Morgan fingerprint density at radius 3 is 2.78 bits per heavy atom. The predicted molar refractivity (Wildman–Crippen MR) is 104 cm³/mol. The van der Waals surface area contributed by atoms with Gasteiger partial charge in [-0.1, -0.05) is 11.6 Å². The van der Waals surface area contributed by atoms with Crippen molar-refractivity contribution >= 4 is 46.9 Å². The number of aromatic nitrogens is 1. The third kappa shape index (κ3) is 4.95. The molecule has 2 amide bonds. The molecule has 2 atom stereocenters. The Morgan fingerprint density at radius 2 is 2.07 bits per heavy atom. The molecule has 7 nitrogen and oxygen atoms in total. The fourth-order valence-electron chi connectivity index (χ4n) is 2.53. The molecule has 1 aromatic carbocycles. The number of amides is 2. The van der Waals surface area contributed by atoms with E-state index >= 15 is 0 Å². The standard InChI is InChI=1S/C17H17ClFN5O2S/c1-24-15(17(26)21-10-4-5-13(19)12(18)7-10)8-14(23-27-24)16(25)22-11-3-2-6-20-9-11/h2-7,9,14-15,23H,8H2,1H3,(H,21,26)(H,22,25). The first-order valence-corrected chi connectivity index (χ1v) is 9.21. The van der Waals surface area contributed by atoms with Gasteiger partial charge < -0.3 is 10.6 Å². The van der Waals surface area contributed by atoms with Crippen molar-refractivity contribution in [3.05, 3.63) is 53.6 Å². The molecule has 2 aromatic rings. The Morgan fingerprint density at radius 1 is 1.30 bits per heavy atom. The summed E-state index contributed by atoms with van der Waals surface area (Å²) in [5, 5.41) is 5.39. The number of likely N-dealkylation sites (N-methyl/N-ethyl adjacent to an activating group) is 1. The highest BCUT2D eigenvalue weighted by Crippen LogP contribution is 2.24. The number of halogens is 2. The van der Waals surface area contributed by atoms with Crippen LogP contribution in [0.1, 0.15) is 6.42 Å². The van der Waals surface area contributed by atoms with Crippen LogP contribution in [0.2, 0.25) is 5.02 Å². The molecule has 3 N–H and O–H groups in total. The van der Waals surface area contributed by atoms with E-state index in [-0.39, 0.29) is 23.3 Å². The van der Waals surface area contributed by atoms with E-state index in [4.69, 9.17) is 11.6 Å². The van der Waals surface area contributed by atoms with Crippen LogP contribution >= 0.6 is 23.7 Å². The monoisotopic (exact) mass is 409 g/mol. The molecule has 1 saturated heterocycles. The van der Waals surface area contributed by atoms with Crippen molar-refractivity contribution in [2.24, 2.45) is 0 Å². The number of nitrogens with zero attached hydrogens (tertiary/aromatic N) is 2. The van der Waals surface area contributed by atoms with Gasteiger partial charge in [0.05, 0.1) is 22.9 Å². The largest absolute Gasteiger partial charge is 0.325 e. The quantitative estimate of drug-likeness (QED) is 0.673. The van der Waals surface area contributed by atoms with Gasteiger partial charge in [0.2, 0.25) is 11.8 Å². The second kappa shape index (κ2) is 8.66. The van der Waals surface area contributed by atoms with E-state index in [9.17, 15) is 14.0 Å². The van der Waals surface area contributed by atoms with E-state index in [1.165, 1.54) is 30.3 Å². The molecule has 0 bridgehead atoms. The summed E-state index contributed by atoms with van der Waals surface area (Å²) in [6.07, 6.45) is 3.42. The van der Waals surface area contributed by atoms with Gasteiger partial charge in [0.15, 0.2) is 0 Å². The first-order chi connectivity index (χ1) is 12.9. The van der Waals surface area contributed by atoms with Crippen LogP contribution in [0.25, 0.3) is 0 Å². The molecule has 1 aliphatic heterocycles. The highest BCUT2D eigenvalue weighted by Gasteiger charge is 2.35. The molecule has 10 heteroatoms. The van der Waals surface area contributed by atoms with Crippen molar-refractivity contribution in [3.63, 3.8) is 0 Å². The van der Waals surface area contributed by atoms with Gasteiger partial charge in [-0.05, 0) is 43.8 Å². The van der Waals surface area contributed by atoms with E-state index in [2.05, 4.69) is 20.3 Å². The highest BCUT2D eigenvalue weighted by molar-refractivity contribution is 7.95. The number of pyridine rings is 1. The molecule has 0 saturated carbocycles. The lowest BCUT2D eigenvalue weighted by Gasteiger charge is -2.34. The Hall–Kier alpha value is -2.20. The summed E-state index contributed by atoms with van der Waals surface area (Å²) >= 11 is 6.92. The molecule has 2 unspecified atom stereocenters. The number of hydrogen-bond acceptors (Lipinski definition) is 6. The fraction of sp³-hybridized carbons (Fsp3) is 0.235. The maximum atomic E-state index is 13.3. The van der Waals surface area contributed by atoms with Crippen LogP contribution in [-0.4, -0.2) is 40.2 Å². The number of anilines is 2. The molecule has 0 aliphatic carbocycles. The van der Waals surface area contributed by atoms with Crippen molar-refractivity contribution in [3.8, 4) is 0 Å². The van der Waals surface area contributed by atoms with Crippen LogP contribution in [0, 0.1) is 5.82 Å². The molecule has 0 radical (unpaired) electrons. The van der Waals surface area contributed by atoms with Crippen molar-refractivity contribution in [2.45, 2.75) is 18.5 Å². The zero-order valence-electron chi connectivity index (χ0n) is 14.3. The maximum Gasteiger partial charge on any atom is 0.242 e. The third-order valence-corrected chi connectivity index (χ3v) is 5.19. The Kier molecular flexibility index (Phi) is 6.27. The van der Waals surface area contributed by atoms with Gasteiger partial charge in [-0.15, -0.1) is 0 Å². The summed E-state index contributed by atoms with van der Waals surface area (Å²) in [6, 6.07) is 6.27. The number of hydrogen-bond donors (Lipinski definition) is 3. The SMILES string of the molecule is CN1SNC(C(=O)Nc2cccnc2)CC1C(=O)Nc1ccc(F)c(Cl)c1. The van der Waals surface area contributed by atoms with Gasteiger partial charge in [-0.3, -0.25) is 14.6 Å². The number of benzene rings is 1. The van der Waals surface area contributed by atoms with Crippen LogP contribution in [-0.2, 0) is 9.59 Å². The topological polar surface area (TPSA) is 86.4 Å². The van der Waals surface area contributed by atoms with Crippen LogP contribution < -0.4 is 15.4 Å². The van der Waals surface area contributed by atoms with Crippen molar-refractivity contribution < 1.29 is 14.0 Å². The first kappa shape index (κ1) is 19.6. The zero-order valence-corrected chi connectivity index (χ0v) is 15.9. The second-order valence-electron chi connectivity index (χ2n) is 5.91. The van der Waals surface area contributed by atoms with E-state index in [0.29, 0.717) is 11.4 Å². The molecule has 2 heterocycles. The van der Waals surface area contributed by atoms with Gasteiger partial charge in [0.1, 0.15) is 11.9 Å². The van der Waals surface area contributed by atoms with E-state index in [1.54, 1.807) is 35.9 Å². The van der Waals surface area contributed by atoms with Crippen molar-refractivity contribution in [1.29, 1.82) is 0 Å². The van der Waals surface area contributed by atoms with Crippen molar-refractivity contribution in [2.75, 3.05) is 17.7 Å². The van der Waals surface area contributed by atoms with Crippen LogP contribution in [0.15, 0.2) is 42.7 Å². The van der Waals surface area contributed by atoms with Gasteiger partial charge in [-0.2, -0.15) is 0 Å². The Labute approximate surface area is 164 Å². The number of nitrogens with one attached hydrogen (secondary N) is 3. The number of rotatable bonds is 4. The molecule has 142 valence electrons. The average molecular weight is 410 g/mol. The molecule has 3 rings (SSSR count). The lowest BCUT2D eigenvalue weighted by molar-refractivity contribution is -0.121. The fourth-order valence-corrected chi connectivity index (χ4v) is 3.51. The minimum atomic E-state index is -0.570. The summed E-state index contributed by atoms with van der Waals surface area (Å²) in [6.45, 7) is 0. The second-order valence-corrected chi connectivity index (χ2v) is 7.31. The van der Waals surface area contributed by atoms with Crippen LogP contribution in [0.5, 0.6) is 0 Å². The van der Waals surface area contributed by atoms with Gasteiger partial charge in [-0.25, -0.2) is 13.4 Å². The molecular formula is C17H17ClFN5O2S. The molecule has 1 fully saturated rings. The minimum absolute atomic E-state index is 0.0745. The maximum absolute atomic E-state index is 13.3. The lowest BCUT2D eigenvalue weighted by atomic mass is 10.1. The summed E-state index contributed by atoms with van der Waals surface area (Å²) in [7, 11) is 1.74. The van der Waals surface area contributed by atoms with Crippen LogP contribution in [0.3, 0.4) is 0 Å². The van der Waals surface area contributed by atoms with Crippen molar-refractivity contribution in [1.82, 2.24) is 14.0 Å². The predicted octanol–water partition coefficient (Wildman–Crippen LogP) is 2.68. The summed E-state index contributed by atoms with van der Waals surface area (Å²) in [5.74, 6) is -1.13. The molecule has 0 spiro atoms. The molecular weight excluding hydrogens is 393 g/mol. The highest BCUT2D eigenvalue weighted by atomic mass is 35.5. The third-order valence-electron chi connectivity index (χ3n) is 3.97. The van der Waals surface area contributed by atoms with E-state index in [0.717, 1.165) is 0 Å². The number of carbonyl (C=O) groups is 2. The zero-order chi connectivity index (χ0) is 19.4. The van der Waals surface area contributed by atoms with E-state index in [1.807, 2.05) is 0 Å². The summed E-state index contributed by atoms with van der Waals surface area (Å²) < 4.78 is 18.0. The van der Waals surface area contributed by atoms with Gasteiger partial charge >= 0.3 is 0 Å². The summed E-state index contributed by atoms with van der Waals surface area (Å²) in [4.78, 5) is 29.0. The van der Waals surface area contributed by atoms with Gasteiger partial charge in [0.25, 0.3) is 0 Å². The van der Waals surface area contributed by atoms with Crippen LogP contribution in [0.4, 0.5) is 15.8 Å². The number of carbonyl (C=O) groups excluding carboxylic acids is 2. The molecule has 27 heavy (non-hydrogen) atoms. The molecule has 1 aliphatic rings. The van der Waals surface area contributed by atoms with E-state index < -0.39 is 17.9 Å². The smallest absolute Gasteiger partial charge is 0.242 e. The average Bonchev–Trinajstić information content (AvgIpc) is 2.65. The van der Waals surface area contributed by atoms with Gasteiger partial charge in [0, 0.05) is 24.0 Å². The normalized spacial score (nSPS) is 20.1. The first-order valence-electron chi connectivity index (χ1n) is 8.06. The Balaban J connectivity index is 1.64. The molecule has 1 aromatic heterocycles. The summed E-state index contributed by atoms with van der Waals surface area (Å²) in [5.41, 5.74) is 0.967. The lowest BCUT2D eigenvalue weighted by Crippen LogP contribution is -2.52.